The summed E-state index contributed by atoms with van der Waals surface area (Å²) >= 11 is 0. The summed E-state index contributed by atoms with van der Waals surface area (Å²) in [5, 5.41) is 13.8. The molecule has 142 valence electrons. The first-order valence-corrected chi connectivity index (χ1v) is 8.67. The maximum atomic E-state index is 12.4. The summed E-state index contributed by atoms with van der Waals surface area (Å²) in [6, 6.07) is 3.71. The van der Waals surface area contributed by atoms with Gasteiger partial charge in [0.25, 0.3) is 11.6 Å². The minimum atomic E-state index is -1.01. The van der Waals surface area contributed by atoms with Crippen molar-refractivity contribution in [2.45, 2.75) is 51.7 Å². The Hall–Kier alpha value is -2.64. The van der Waals surface area contributed by atoms with E-state index in [1.807, 2.05) is 0 Å². The molecule has 1 fully saturated rings. The van der Waals surface area contributed by atoms with E-state index >= 15 is 0 Å². The van der Waals surface area contributed by atoms with Crippen LogP contribution in [-0.2, 0) is 9.53 Å². The van der Waals surface area contributed by atoms with E-state index in [1.165, 1.54) is 26.2 Å². The van der Waals surface area contributed by atoms with Gasteiger partial charge in [-0.05, 0) is 31.7 Å². The van der Waals surface area contributed by atoms with Crippen LogP contribution < -0.4 is 10.1 Å². The number of ether oxygens (including phenoxy) is 2. The van der Waals surface area contributed by atoms with Gasteiger partial charge in [0.05, 0.1) is 12.0 Å². The summed E-state index contributed by atoms with van der Waals surface area (Å²) in [6.45, 7) is 3.57. The fourth-order valence-electron chi connectivity index (χ4n) is 3.08. The number of non-ortho nitro benzene ring substituents is 1. The van der Waals surface area contributed by atoms with Gasteiger partial charge in [-0.2, -0.15) is 0 Å². The third kappa shape index (κ3) is 4.71. The summed E-state index contributed by atoms with van der Waals surface area (Å²) in [7, 11) is 1.35. The summed E-state index contributed by atoms with van der Waals surface area (Å²) in [4.78, 5) is 35.0. The van der Waals surface area contributed by atoms with E-state index in [0.29, 0.717) is 5.92 Å². The van der Waals surface area contributed by atoms with Gasteiger partial charge < -0.3 is 14.8 Å². The van der Waals surface area contributed by atoms with Gasteiger partial charge in [-0.15, -0.1) is 0 Å². The minimum absolute atomic E-state index is 0.0738. The lowest BCUT2D eigenvalue weighted by atomic mass is 9.86. The number of carbonyl (C=O) groups is 2. The monoisotopic (exact) mass is 364 g/mol. The molecule has 26 heavy (non-hydrogen) atoms. The SMILES string of the molecule is COc1ccc([N+](=O)[O-])cc1C(=O)O[C@H](C)C(=O)N[C@H]1CCCC[C@H]1C. The fraction of sp³-hybridized carbons (Fsp3) is 0.556. The number of carbonyl (C=O) groups excluding carboxylic acids is 2. The van der Waals surface area contributed by atoms with Crippen LogP contribution in [0.5, 0.6) is 5.75 Å². The van der Waals surface area contributed by atoms with Crippen LogP contribution in [0.2, 0.25) is 0 Å². The van der Waals surface area contributed by atoms with Crippen LogP contribution in [-0.4, -0.2) is 36.1 Å². The molecule has 1 amide bonds. The Kier molecular flexibility index (Phi) is 6.54. The number of nitrogens with zero attached hydrogens (tertiary/aromatic N) is 1. The number of hydrogen-bond donors (Lipinski definition) is 1. The first-order valence-electron chi connectivity index (χ1n) is 8.67. The van der Waals surface area contributed by atoms with Crippen LogP contribution in [0.15, 0.2) is 18.2 Å². The second kappa shape index (κ2) is 8.64. The van der Waals surface area contributed by atoms with E-state index in [2.05, 4.69) is 12.2 Å². The van der Waals surface area contributed by atoms with Crippen molar-refractivity contribution in [2.24, 2.45) is 5.92 Å². The van der Waals surface area contributed by atoms with Crippen LogP contribution in [0.25, 0.3) is 0 Å². The molecule has 2 rings (SSSR count). The summed E-state index contributed by atoms with van der Waals surface area (Å²) in [5.41, 5.74) is -0.349. The molecule has 0 spiro atoms. The Labute approximate surface area is 152 Å². The summed E-state index contributed by atoms with van der Waals surface area (Å²) < 4.78 is 10.3. The fourth-order valence-corrected chi connectivity index (χ4v) is 3.08. The first-order chi connectivity index (χ1) is 12.3. The molecule has 1 aliphatic rings. The Bertz CT molecular complexity index is 690. The second-order valence-electron chi connectivity index (χ2n) is 6.57. The lowest BCUT2D eigenvalue weighted by Crippen LogP contribution is -2.46. The Morgan fingerprint density at radius 3 is 2.62 bits per heavy atom. The molecule has 1 aliphatic carbocycles. The van der Waals surface area contributed by atoms with E-state index < -0.39 is 17.0 Å². The first kappa shape index (κ1) is 19.7. The highest BCUT2D eigenvalue weighted by Crippen LogP contribution is 2.26. The average Bonchev–Trinajstić information content (AvgIpc) is 2.62. The lowest BCUT2D eigenvalue weighted by molar-refractivity contribution is -0.384. The molecule has 0 heterocycles. The molecular weight excluding hydrogens is 340 g/mol. The van der Waals surface area contributed by atoms with Crippen molar-refractivity contribution >= 4 is 17.6 Å². The Morgan fingerprint density at radius 2 is 2.00 bits per heavy atom. The number of esters is 1. The van der Waals surface area contributed by atoms with E-state index in [4.69, 9.17) is 9.47 Å². The number of hydrogen-bond acceptors (Lipinski definition) is 6. The van der Waals surface area contributed by atoms with Gasteiger partial charge in [0, 0.05) is 18.2 Å². The van der Waals surface area contributed by atoms with E-state index in [0.717, 1.165) is 31.7 Å². The van der Waals surface area contributed by atoms with Crippen LogP contribution in [0.1, 0.15) is 49.9 Å². The zero-order valence-corrected chi connectivity index (χ0v) is 15.2. The van der Waals surface area contributed by atoms with Crippen LogP contribution in [0.4, 0.5) is 5.69 Å². The van der Waals surface area contributed by atoms with Crippen molar-refractivity contribution in [1.29, 1.82) is 0 Å². The van der Waals surface area contributed by atoms with Crippen molar-refractivity contribution in [3.8, 4) is 5.75 Å². The third-order valence-corrected chi connectivity index (χ3v) is 4.71. The molecule has 0 radical (unpaired) electrons. The number of amides is 1. The quantitative estimate of drug-likeness (QED) is 0.472. The highest BCUT2D eigenvalue weighted by atomic mass is 16.6. The average molecular weight is 364 g/mol. The molecule has 0 aliphatic heterocycles. The Balaban J connectivity index is 2.05. The van der Waals surface area contributed by atoms with Crippen molar-refractivity contribution in [3.63, 3.8) is 0 Å². The minimum Gasteiger partial charge on any atom is -0.496 e. The predicted molar refractivity (Wildman–Crippen MR) is 94.1 cm³/mol. The number of methoxy groups -OCH3 is 1. The molecule has 0 aromatic heterocycles. The van der Waals surface area contributed by atoms with E-state index in [9.17, 15) is 19.7 Å². The number of nitrogens with one attached hydrogen (secondary N) is 1. The maximum absolute atomic E-state index is 12.4. The molecule has 0 unspecified atom stereocenters. The second-order valence-corrected chi connectivity index (χ2v) is 6.57. The largest absolute Gasteiger partial charge is 0.496 e. The third-order valence-electron chi connectivity index (χ3n) is 4.71. The van der Waals surface area contributed by atoms with Crippen molar-refractivity contribution in [2.75, 3.05) is 7.11 Å². The van der Waals surface area contributed by atoms with Crippen LogP contribution in [0.3, 0.4) is 0 Å². The smallest absolute Gasteiger partial charge is 0.342 e. The van der Waals surface area contributed by atoms with Gasteiger partial charge in [-0.1, -0.05) is 19.8 Å². The number of nitro groups is 1. The van der Waals surface area contributed by atoms with Crippen molar-refractivity contribution in [1.82, 2.24) is 5.32 Å². The van der Waals surface area contributed by atoms with Gasteiger partial charge in [0.15, 0.2) is 6.10 Å². The highest BCUT2D eigenvalue weighted by Gasteiger charge is 2.27. The molecule has 1 aromatic rings. The lowest BCUT2D eigenvalue weighted by Gasteiger charge is -2.30. The standard InChI is InChI=1S/C18H24N2O6/c1-11-6-4-5-7-15(11)19-17(21)12(2)26-18(22)14-10-13(20(23)24)8-9-16(14)25-3/h8-12,15H,4-7H2,1-3H3,(H,19,21)/t11-,12-,15+/m1/s1. The zero-order chi connectivity index (χ0) is 19.3. The Morgan fingerprint density at radius 1 is 1.31 bits per heavy atom. The van der Waals surface area contributed by atoms with Crippen LogP contribution >= 0.6 is 0 Å². The summed E-state index contributed by atoms with van der Waals surface area (Å²) in [6.07, 6.45) is 3.18. The molecule has 1 aromatic carbocycles. The van der Waals surface area contributed by atoms with E-state index in [-0.39, 0.29) is 28.9 Å². The van der Waals surface area contributed by atoms with Gasteiger partial charge in [0.2, 0.25) is 0 Å². The van der Waals surface area contributed by atoms with E-state index in [1.54, 1.807) is 0 Å². The molecule has 1 saturated carbocycles. The van der Waals surface area contributed by atoms with Gasteiger partial charge in [0.1, 0.15) is 11.3 Å². The van der Waals surface area contributed by atoms with Crippen molar-refractivity contribution < 1.29 is 24.0 Å². The highest BCUT2D eigenvalue weighted by molar-refractivity contribution is 5.95. The predicted octanol–water partition coefficient (Wildman–Crippen LogP) is 2.84. The molecular formula is C18H24N2O6. The number of rotatable bonds is 6. The van der Waals surface area contributed by atoms with Gasteiger partial charge in [-0.25, -0.2) is 4.79 Å². The number of nitro benzene ring substituents is 1. The van der Waals surface area contributed by atoms with Crippen molar-refractivity contribution in [3.05, 3.63) is 33.9 Å². The molecule has 0 saturated heterocycles. The van der Waals surface area contributed by atoms with Gasteiger partial charge >= 0.3 is 5.97 Å². The van der Waals surface area contributed by atoms with Gasteiger partial charge in [-0.3, -0.25) is 14.9 Å². The molecule has 3 atom stereocenters. The maximum Gasteiger partial charge on any atom is 0.342 e. The topological polar surface area (TPSA) is 108 Å². The molecule has 0 bridgehead atoms. The number of benzene rings is 1. The normalized spacial score (nSPS) is 20.7. The van der Waals surface area contributed by atoms with Crippen LogP contribution in [0, 0.1) is 16.0 Å². The zero-order valence-electron chi connectivity index (χ0n) is 15.2. The molecule has 1 N–H and O–H groups in total. The summed E-state index contributed by atoms with van der Waals surface area (Å²) in [5.74, 6) is -0.687. The molecule has 8 heteroatoms. The molecule has 8 nitrogen and oxygen atoms in total.